The van der Waals surface area contributed by atoms with Gasteiger partial charge in [-0.3, -0.25) is 10.1 Å². The monoisotopic (exact) mass is 374 g/mol. The zero-order valence-corrected chi connectivity index (χ0v) is 15.1. The van der Waals surface area contributed by atoms with E-state index in [4.69, 9.17) is 0 Å². The summed E-state index contributed by atoms with van der Waals surface area (Å²) < 4.78 is 39.9. The lowest BCUT2D eigenvalue weighted by Gasteiger charge is -2.15. The summed E-state index contributed by atoms with van der Waals surface area (Å²) in [7, 11) is -0.146. The van der Waals surface area contributed by atoms with Crippen molar-refractivity contribution in [3.05, 3.63) is 28.3 Å². The number of alkyl halides is 1. The molecule has 25 heavy (non-hydrogen) atoms. The molecule has 0 radical (unpaired) electrons. The number of anilines is 1. The average Bonchev–Trinajstić information content (AvgIpc) is 3.30. The van der Waals surface area contributed by atoms with Crippen molar-refractivity contribution < 1.29 is 17.7 Å². The molecule has 1 aliphatic carbocycles. The van der Waals surface area contributed by atoms with E-state index in [-0.39, 0.29) is 16.3 Å². The number of rotatable bonds is 10. The van der Waals surface area contributed by atoms with Crippen LogP contribution in [0, 0.1) is 10.1 Å². The maximum atomic E-state index is 12.9. The van der Waals surface area contributed by atoms with Gasteiger partial charge in [0.25, 0.3) is 5.69 Å². The zero-order chi connectivity index (χ0) is 18.7. The van der Waals surface area contributed by atoms with Gasteiger partial charge in [-0.2, -0.15) is 0 Å². The fourth-order valence-corrected chi connectivity index (χ4v) is 3.82. The maximum Gasteiger partial charge on any atom is 0.293 e. The highest BCUT2D eigenvalue weighted by atomic mass is 32.2. The molecule has 1 aliphatic rings. The van der Waals surface area contributed by atoms with Gasteiger partial charge in [0.15, 0.2) is 0 Å². The van der Waals surface area contributed by atoms with Crippen LogP contribution in [0.5, 0.6) is 0 Å². The number of sulfonamides is 1. The Labute approximate surface area is 146 Å². The largest absolute Gasteiger partial charge is 0.379 e. The first kappa shape index (κ1) is 19.5. The first-order chi connectivity index (χ1) is 11.7. The molecule has 0 unspecified atom stereocenters. The molecule has 140 valence electrons. The Bertz CT molecular complexity index is 735. The maximum absolute atomic E-state index is 12.9. The number of nitro groups is 1. The molecule has 0 spiro atoms. The summed E-state index contributed by atoms with van der Waals surface area (Å²) in [5, 5.41) is 14.2. The molecule has 0 heterocycles. The van der Waals surface area contributed by atoms with Crippen LogP contribution >= 0.6 is 0 Å². The van der Waals surface area contributed by atoms with Crippen molar-refractivity contribution in [3.63, 3.8) is 0 Å². The quantitative estimate of drug-likeness (QED) is 0.367. The molecule has 1 aromatic rings. The molecule has 0 aliphatic heterocycles. The predicted octanol–water partition coefficient (Wildman–Crippen LogP) is 1.74. The molecule has 0 amide bonds. The molecule has 2 N–H and O–H groups in total. The van der Waals surface area contributed by atoms with E-state index in [1.54, 1.807) is 0 Å². The lowest BCUT2D eigenvalue weighted by atomic mass is 10.2. The Morgan fingerprint density at radius 3 is 2.56 bits per heavy atom. The van der Waals surface area contributed by atoms with Crippen LogP contribution < -0.4 is 10.0 Å². The molecule has 0 saturated heterocycles. The number of nitrogens with one attached hydrogen (secondary N) is 2. The molecular weight excluding hydrogens is 351 g/mol. The lowest BCUT2D eigenvalue weighted by Crippen LogP contribution is -2.38. The Balaban J connectivity index is 2.16. The van der Waals surface area contributed by atoms with Crippen molar-refractivity contribution in [2.75, 3.05) is 39.2 Å². The van der Waals surface area contributed by atoms with Crippen LogP contribution in [0.1, 0.15) is 19.3 Å². The molecule has 1 fully saturated rings. The van der Waals surface area contributed by atoms with Gasteiger partial charge in [0.05, 0.1) is 15.4 Å². The SMILES string of the molecule is CN(C)CCCNc1ccc(S(=O)(=O)NC2(CF)CC2)cc1[N+](=O)[O-]. The van der Waals surface area contributed by atoms with Gasteiger partial charge in [-0.05, 0) is 52.0 Å². The van der Waals surface area contributed by atoms with Gasteiger partial charge >= 0.3 is 0 Å². The van der Waals surface area contributed by atoms with Gasteiger partial charge in [-0.25, -0.2) is 17.5 Å². The summed E-state index contributed by atoms with van der Waals surface area (Å²) >= 11 is 0. The van der Waals surface area contributed by atoms with Crippen molar-refractivity contribution in [2.24, 2.45) is 0 Å². The molecule has 2 rings (SSSR count). The van der Waals surface area contributed by atoms with Crippen LogP contribution in [0.4, 0.5) is 15.8 Å². The third-order valence-electron chi connectivity index (χ3n) is 4.03. The second-order valence-corrected chi connectivity index (χ2v) is 8.22. The Kier molecular flexibility index (Phi) is 5.96. The minimum Gasteiger partial charge on any atom is -0.379 e. The zero-order valence-electron chi connectivity index (χ0n) is 14.3. The van der Waals surface area contributed by atoms with Crippen molar-refractivity contribution in [2.45, 2.75) is 29.7 Å². The van der Waals surface area contributed by atoms with Gasteiger partial charge in [-0.15, -0.1) is 0 Å². The van der Waals surface area contributed by atoms with Crippen LogP contribution in [-0.4, -0.2) is 57.6 Å². The van der Waals surface area contributed by atoms with Crippen molar-refractivity contribution in [3.8, 4) is 0 Å². The third-order valence-corrected chi connectivity index (χ3v) is 5.61. The average molecular weight is 374 g/mol. The summed E-state index contributed by atoms with van der Waals surface area (Å²) in [6.07, 6.45) is 1.64. The highest BCUT2D eigenvalue weighted by Crippen LogP contribution is 2.37. The van der Waals surface area contributed by atoms with E-state index in [9.17, 15) is 22.9 Å². The second kappa shape index (κ2) is 7.63. The highest BCUT2D eigenvalue weighted by molar-refractivity contribution is 7.89. The van der Waals surface area contributed by atoms with Crippen LogP contribution in [0.3, 0.4) is 0 Å². The molecule has 1 saturated carbocycles. The van der Waals surface area contributed by atoms with E-state index in [0.29, 0.717) is 19.4 Å². The van der Waals surface area contributed by atoms with Crippen LogP contribution in [0.2, 0.25) is 0 Å². The normalized spacial score (nSPS) is 16.0. The summed E-state index contributed by atoms with van der Waals surface area (Å²) in [6.45, 7) is 0.552. The molecule has 10 heteroatoms. The number of hydrogen-bond donors (Lipinski definition) is 2. The number of halogens is 1. The minimum atomic E-state index is -4.01. The number of hydrogen-bond acceptors (Lipinski definition) is 6. The molecule has 1 aromatic carbocycles. The van der Waals surface area contributed by atoms with Crippen molar-refractivity contribution >= 4 is 21.4 Å². The smallest absolute Gasteiger partial charge is 0.293 e. The topological polar surface area (TPSA) is 105 Å². The predicted molar refractivity (Wildman–Crippen MR) is 93.0 cm³/mol. The van der Waals surface area contributed by atoms with Crippen molar-refractivity contribution in [1.82, 2.24) is 9.62 Å². The van der Waals surface area contributed by atoms with E-state index in [1.165, 1.54) is 12.1 Å². The summed E-state index contributed by atoms with van der Waals surface area (Å²) in [5.74, 6) is 0. The third kappa shape index (κ3) is 5.10. The number of nitrogens with zero attached hydrogens (tertiary/aromatic N) is 2. The van der Waals surface area contributed by atoms with E-state index in [1.807, 2.05) is 19.0 Å². The fourth-order valence-electron chi connectivity index (χ4n) is 2.36. The van der Waals surface area contributed by atoms with Gasteiger partial charge in [-0.1, -0.05) is 0 Å². The van der Waals surface area contributed by atoms with E-state index in [2.05, 4.69) is 10.0 Å². The first-order valence-electron chi connectivity index (χ1n) is 7.96. The van der Waals surface area contributed by atoms with E-state index in [0.717, 1.165) is 19.0 Å². The van der Waals surface area contributed by atoms with Gasteiger partial charge in [0.1, 0.15) is 12.4 Å². The fraction of sp³-hybridized carbons (Fsp3) is 0.600. The Morgan fingerprint density at radius 1 is 1.36 bits per heavy atom. The van der Waals surface area contributed by atoms with Crippen LogP contribution in [-0.2, 0) is 10.0 Å². The number of nitro benzene ring substituents is 1. The van der Waals surface area contributed by atoms with Crippen molar-refractivity contribution in [1.29, 1.82) is 0 Å². The van der Waals surface area contributed by atoms with Crippen LogP contribution in [0.15, 0.2) is 23.1 Å². The number of benzene rings is 1. The van der Waals surface area contributed by atoms with E-state index < -0.39 is 27.2 Å². The molecular formula is C15H23FN4O4S. The minimum absolute atomic E-state index is 0.238. The van der Waals surface area contributed by atoms with Crippen LogP contribution in [0.25, 0.3) is 0 Å². The van der Waals surface area contributed by atoms with E-state index >= 15 is 0 Å². The lowest BCUT2D eigenvalue weighted by molar-refractivity contribution is -0.384. The van der Waals surface area contributed by atoms with Gasteiger partial charge < -0.3 is 10.2 Å². The molecule has 0 aromatic heterocycles. The summed E-state index contributed by atoms with van der Waals surface area (Å²) in [4.78, 5) is 12.4. The molecule has 0 atom stereocenters. The second-order valence-electron chi connectivity index (χ2n) is 6.54. The van der Waals surface area contributed by atoms with Gasteiger partial charge in [0, 0.05) is 12.6 Å². The Hall–Kier alpha value is -1.78. The standard InChI is InChI=1S/C15H23FN4O4S/c1-19(2)9-3-8-17-13-5-4-12(10-14(13)20(21)22)25(23,24)18-15(11-16)6-7-15/h4-5,10,17-18H,3,6-9,11H2,1-2H3. The summed E-state index contributed by atoms with van der Waals surface area (Å²) in [6, 6.07) is 3.67. The summed E-state index contributed by atoms with van der Waals surface area (Å²) in [5.41, 5.74) is -1.11. The van der Waals surface area contributed by atoms with Gasteiger partial charge in [0.2, 0.25) is 10.0 Å². The highest BCUT2D eigenvalue weighted by Gasteiger charge is 2.46. The first-order valence-corrected chi connectivity index (χ1v) is 9.44. The Morgan fingerprint density at radius 2 is 2.04 bits per heavy atom. The molecule has 8 nitrogen and oxygen atoms in total. The molecule has 0 bridgehead atoms.